The molecule has 160 valence electrons. The van der Waals surface area contributed by atoms with Crippen LogP contribution in [0.25, 0.3) is 21.5 Å². The Bertz CT molecular complexity index is 1520. The standard InChI is InChI=1S/C30H22ClNO/c31-23-11-5-7-20(17-23)19-32-28-16-15-22-9-2-4-13-25(22)30(28)27(18-29(32)33)26-14-6-10-21-8-1-3-12-24(21)26/h1-17,27H,18-19H2. The molecule has 0 radical (unpaired) electrons. The molecule has 0 bridgehead atoms. The Labute approximate surface area is 198 Å². The third kappa shape index (κ3) is 3.48. The van der Waals surface area contributed by atoms with E-state index in [1.54, 1.807) is 0 Å². The van der Waals surface area contributed by atoms with E-state index in [2.05, 4.69) is 78.9 Å². The first-order valence-corrected chi connectivity index (χ1v) is 11.6. The predicted octanol–water partition coefficient (Wildman–Crippen LogP) is 7.72. The number of nitrogens with zero attached hydrogens (tertiary/aromatic N) is 1. The average Bonchev–Trinajstić information content (AvgIpc) is 2.85. The van der Waals surface area contributed by atoms with Gasteiger partial charge in [0.2, 0.25) is 5.91 Å². The van der Waals surface area contributed by atoms with Crippen molar-refractivity contribution in [2.45, 2.75) is 18.9 Å². The minimum atomic E-state index is 0.000288. The first-order valence-electron chi connectivity index (χ1n) is 11.2. The van der Waals surface area contributed by atoms with Crippen LogP contribution < -0.4 is 4.90 Å². The second-order valence-corrected chi connectivity index (χ2v) is 9.09. The first kappa shape index (κ1) is 20.0. The van der Waals surface area contributed by atoms with E-state index in [0.29, 0.717) is 18.0 Å². The zero-order valence-corrected chi connectivity index (χ0v) is 18.8. The number of carbonyl (C=O) groups is 1. The van der Waals surface area contributed by atoms with E-state index in [1.165, 1.54) is 32.7 Å². The normalized spacial score (nSPS) is 15.7. The molecule has 0 aromatic heterocycles. The van der Waals surface area contributed by atoms with Crippen molar-refractivity contribution in [1.29, 1.82) is 0 Å². The lowest BCUT2D eigenvalue weighted by Gasteiger charge is -2.36. The molecule has 1 heterocycles. The average molecular weight is 448 g/mol. The van der Waals surface area contributed by atoms with Crippen molar-refractivity contribution in [3.63, 3.8) is 0 Å². The van der Waals surface area contributed by atoms with Gasteiger partial charge < -0.3 is 4.90 Å². The van der Waals surface area contributed by atoms with Gasteiger partial charge in [0.1, 0.15) is 0 Å². The van der Waals surface area contributed by atoms with Crippen LogP contribution in [0.3, 0.4) is 0 Å². The predicted molar refractivity (Wildman–Crippen MR) is 137 cm³/mol. The van der Waals surface area contributed by atoms with Gasteiger partial charge in [0, 0.05) is 23.0 Å². The lowest BCUT2D eigenvalue weighted by atomic mass is 9.79. The van der Waals surface area contributed by atoms with Crippen LogP contribution in [-0.2, 0) is 11.3 Å². The van der Waals surface area contributed by atoms with Crippen LogP contribution in [0.1, 0.15) is 29.0 Å². The van der Waals surface area contributed by atoms with E-state index >= 15 is 0 Å². The van der Waals surface area contributed by atoms with Gasteiger partial charge in [0.05, 0.1) is 6.54 Å². The molecule has 33 heavy (non-hydrogen) atoms. The zero-order chi connectivity index (χ0) is 22.4. The van der Waals surface area contributed by atoms with Gasteiger partial charge in [-0.2, -0.15) is 0 Å². The summed E-state index contributed by atoms with van der Waals surface area (Å²) in [5, 5.41) is 5.49. The van der Waals surface area contributed by atoms with E-state index in [4.69, 9.17) is 11.6 Å². The Morgan fingerprint density at radius 2 is 1.45 bits per heavy atom. The van der Waals surface area contributed by atoms with Crippen LogP contribution in [0.15, 0.2) is 103 Å². The van der Waals surface area contributed by atoms with E-state index in [1.807, 2.05) is 29.2 Å². The molecule has 0 saturated heterocycles. The van der Waals surface area contributed by atoms with E-state index < -0.39 is 0 Å². The number of anilines is 1. The third-order valence-electron chi connectivity index (χ3n) is 6.70. The Hall–Kier alpha value is -3.62. The summed E-state index contributed by atoms with van der Waals surface area (Å²) in [7, 11) is 0. The van der Waals surface area contributed by atoms with Crippen LogP contribution in [0, 0.1) is 0 Å². The van der Waals surface area contributed by atoms with Crippen LogP contribution >= 0.6 is 11.6 Å². The number of hydrogen-bond acceptors (Lipinski definition) is 1. The Balaban J connectivity index is 1.57. The quantitative estimate of drug-likeness (QED) is 0.277. The van der Waals surface area contributed by atoms with E-state index in [-0.39, 0.29) is 11.8 Å². The fourth-order valence-electron chi connectivity index (χ4n) is 5.22. The second-order valence-electron chi connectivity index (χ2n) is 8.65. The summed E-state index contributed by atoms with van der Waals surface area (Å²) in [5.74, 6) is 0.135. The fourth-order valence-corrected chi connectivity index (χ4v) is 5.43. The molecule has 0 N–H and O–H groups in total. The van der Waals surface area contributed by atoms with Gasteiger partial charge in [-0.3, -0.25) is 4.79 Å². The van der Waals surface area contributed by atoms with Crippen molar-refractivity contribution in [1.82, 2.24) is 0 Å². The van der Waals surface area contributed by atoms with Crippen molar-refractivity contribution in [3.05, 3.63) is 125 Å². The maximum atomic E-state index is 13.6. The maximum Gasteiger partial charge on any atom is 0.228 e. The van der Waals surface area contributed by atoms with Crippen molar-refractivity contribution in [2.75, 3.05) is 4.90 Å². The Morgan fingerprint density at radius 1 is 0.758 bits per heavy atom. The molecule has 2 nitrogen and oxygen atoms in total. The third-order valence-corrected chi connectivity index (χ3v) is 6.93. The molecule has 1 aliphatic heterocycles. The lowest BCUT2D eigenvalue weighted by molar-refractivity contribution is -0.119. The molecule has 3 heteroatoms. The van der Waals surface area contributed by atoms with Gasteiger partial charge in [0.15, 0.2) is 0 Å². The minimum absolute atomic E-state index is 0.000288. The molecule has 1 atom stereocenters. The topological polar surface area (TPSA) is 20.3 Å². The highest BCUT2D eigenvalue weighted by Gasteiger charge is 2.34. The second kappa shape index (κ2) is 8.06. The van der Waals surface area contributed by atoms with Crippen LogP contribution in [0.2, 0.25) is 5.02 Å². The van der Waals surface area contributed by atoms with Gasteiger partial charge >= 0.3 is 0 Å². The zero-order valence-electron chi connectivity index (χ0n) is 18.0. The Morgan fingerprint density at radius 3 is 2.27 bits per heavy atom. The highest BCUT2D eigenvalue weighted by Crippen LogP contribution is 2.46. The van der Waals surface area contributed by atoms with Gasteiger partial charge in [-0.15, -0.1) is 0 Å². The minimum Gasteiger partial charge on any atom is -0.308 e. The summed E-state index contributed by atoms with van der Waals surface area (Å²) in [6.45, 7) is 0.507. The number of benzene rings is 5. The van der Waals surface area contributed by atoms with Crippen molar-refractivity contribution >= 4 is 44.7 Å². The van der Waals surface area contributed by atoms with E-state index in [0.717, 1.165) is 11.3 Å². The van der Waals surface area contributed by atoms with Crippen LogP contribution in [0.5, 0.6) is 0 Å². The fraction of sp³-hybridized carbons (Fsp3) is 0.100. The molecule has 5 aromatic rings. The largest absolute Gasteiger partial charge is 0.308 e. The summed E-state index contributed by atoms with van der Waals surface area (Å²) in [4.78, 5) is 15.5. The lowest BCUT2D eigenvalue weighted by Crippen LogP contribution is -2.36. The number of carbonyl (C=O) groups excluding carboxylic acids is 1. The summed E-state index contributed by atoms with van der Waals surface area (Å²) >= 11 is 6.23. The molecule has 5 aromatic carbocycles. The number of amides is 1. The van der Waals surface area contributed by atoms with E-state index in [9.17, 15) is 4.79 Å². The number of hydrogen-bond donors (Lipinski definition) is 0. The monoisotopic (exact) mass is 447 g/mol. The van der Waals surface area contributed by atoms with Crippen molar-refractivity contribution < 1.29 is 4.79 Å². The van der Waals surface area contributed by atoms with Crippen molar-refractivity contribution in [3.8, 4) is 0 Å². The summed E-state index contributed by atoms with van der Waals surface area (Å²) in [6, 6.07) is 35.3. The molecular weight excluding hydrogens is 426 g/mol. The highest BCUT2D eigenvalue weighted by atomic mass is 35.5. The molecule has 0 spiro atoms. The summed E-state index contributed by atoms with van der Waals surface area (Å²) in [5.41, 5.74) is 4.45. The summed E-state index contributed by atoms with van der Waals surface area (Å²) < 4.78 is 0. The molecular formula is C30H22ClNO. The molecule has 0 saturated carbocycles. The highest BCUT2D eigenvalue weighted by molar-refractivity contribution is 6.30. The van der Waals surface area contributed by atoms with Gasteiger partial charge in [-0.25, -0.2) is 0 Å². The number of rotatable bonds is 3. The molecule has 1 amide bonds. The SMILES string of the molecule is O=C1CC(c2cccc3ccccc23)c2c(ccc3ccccc23)N1Cc1cccc(Cl)c1. The Kier molecular flexibility index (Phi) is 4.89. The van der Waals surface area contributed by atoms with Crippen LogP contribution in [0.4, 0.5) is 5.69 Å². The first-order chi connectivity index (χ1) is 16.2. The van der Waals surface area contributed by atoms with Crippen molar-refractivity contribution in [2.24, 2.45) is 0 Å². The molecule has 0 fully saturated rings. The van der Waals surface area contributed by atoms with Gasteiger partial charge in [-0.1, -0.05) is 96.5 Å². The number of halogens is 1. The van der Waals surface area contributed by atoms with Gasteiger partial charge in [-0.05, 0) is 56.4 Å². The maximum absolute atomic E-state index is 13.6. The molecule has 1 aliphatic rings. The molecule has 6 rings (SSSR count). The summed E-state index contributed by atoms with van der Waals surface area (Å²) in [6.07, 6.45) is 0.440. The molecule has 1 unspecified atom stereocenters. The van der Waals surface area contributed by atoms with Gasteiger partial charge in [0.25, 0.3) is 0 Å². The molecule has 0 aliphatic carbocycles. The number of fused-ring (bicyclic) bond motifs is 4. The van der Waals surface area contributed by atoms with Crippen LogP contribution in [-0.4, -0.2) is 5.91 Å². The smallest absolute Gasteiger partial charge is 0.228 e.